The summed E-state index contributed by atoms with van der Waals surface area (Å²) >= 11 is 0. The lowest BCUT2D eigenvalue weighted by Gasteiger charge is -2.14. The lowest BCUT2D eigenvalue weighted by atomic mass is 9.94. The molecule has 0 saturated heterocycles. The van der Waals surface area contributed by atoms with Gasteiger partial charge < -0.3 is 0 Å². The standard InChI is InChI=1S/C29H32N2.C28H25N.C7H8/c1-8-9-15-27(22(4)5)29(30-7)23(6)28(26-13-11-10-12-14-26)31-20-24-16-18-25(19-17-24)21(2)3;1-19-9-5-8-12-27(19)28-18-25(14-13-20(28)2)22(4)29-21(3)24-16-15-23-10-6-7-11-26(23)17-24;1-7-5-3-2-4-6-7/h8-19H,1-2,7,20H2,3-6H3;5-18H,3H2,1-2,4H3;2-6H,1H3/b15-9-,29-23-,31-28?;;. The van der Waals surface area contributed by atoms with E-state index in [-0.39, 0.29) is 0 Å². The second-order valence-electron chi connectivity index (χ2n) is 16.9. The monoisotopic (exact) mass is 876 g/mol. The number of allylic oxidation sites excluding steroid dienone is 6. The van der Waals surface area contributed by atoms with Crippen LogP contribution in [0.2, 0.25) is 0 Å². The number of hydrogen-bond donors (Lipinski definition) is 0. The number of benzene rings is 7. The van der Waals surface area contributed by atoms with Crippen molar-refractivity contribution in [1.29, 1.82) is 0 Å². The van der Waals surface area contributed by atoms with Gasteiger partial charge in [-0.25, -0.2) is 0 Å². The Kier molecular flexibility index (Phi) is 18.8. The molecule has 7 aromatic carbocycles. The third-order valence-corrected chi connectivity index (χ3v) is 11.4. The highest BCUT2D eigenvalue weighted by Gasteiger charge is 2.14. The van der Waals surface area contributed by atoms with Crippen LogP contribution in [-0.2, 0) is 6.54 Å². The van der Waals surface area contributed by atoms with Crippen molar-refractivity contribution in [1.82, 2.24) is 0 Å². The van der Waals surface area contributed by atoms with Gasteiger partial charge in [0.25, 0.3) is 0 Å². The summed E-state index contributed by atoms with van der Waals surface area (Å²) in [5.74, 6) is 0. The molecule has 3 nitrogen and oxygen atoms in total. The minimum Gasteiger partial charge on any atom is -0.280 e. The normalized spacial score (nSPS) is 11.6. The molecule has 0 aromatic heterocycles. The van der Waals surface area contributed by atoms with Crippen molar-refractivity contribution in [2.45, 2.75) is 61.9 Å². The molecule has 0 aliphatic heterocycles. The zero-order valence-electron chi connectivity index (χ0n) is 40.8. The van der Waals surface area contributed by atoms with Crippen LogP contribution < -0.4 is 0 Å². The van der Waals surface area contributed by atoms with E-state index in [2.05, 4.69) is 213 Å². The average Bonchev–Trinajstić information content (AvgIpc) is 3.34. The Morgan fingerprint density at radius 3 is 1.73 bits per heavy atom. The Labute approximate surface area is 401 Å². The largest absolute Gasteiger partial charge is 0.280 e. The minimum absolute atomic E-state index is 0.578. The molecule has 0 fully saturated rings. The van der Waals surface area contributed by atoms with Crippen molar-refractivity contribution >= 4 is 40.2 Å². The zero-order valence-corrected chi connectivity index (χ0v) is 40.8. The molecule has 3 heteroatoms. The van der Waals surface area contributed by atoms with Crippen molar-refractivity contribution in [3.05, 3.63) is 275 Å². The number of fused-ring (bicyclic) bond motifs is 1. The van der Waals surface area contributed by atoms with E-state index in [0.29, 0.717) is 6.54 Å². The van der Waals surface area contributed by atoms with Gasteiger partial charge in [-0.2, -0.15) is 0 Å². The molecular weight excluding hydrogens is 811 g/mol. The van der Waals surface area contributed by atoms with Crippen LogP contribution in [0.25, 0.3) is 33.2 Å². The Morgan fingerprint density at radius 2 is 1.13 bits per heavy atom. The van der Waals surface area contributed by atoms with Crippen LogP contribution in [-0.4, -0.2) is 18.1 Å². The van der Waals surface area contributed by atoms with Gasteiger partial charge in [0.05, 0.1) is 23.7 Å². The lowest BCUT2D eigenvalue weighted by molar-refractivity contribution is 1.06. The summed E-state index contributed by atoms with van der Waals surface area (Å²) in [5, 5.41) is 2.43. The third-order valence-electron chi connectivity index (χ3n) is 11.4. The van der Waals surface area contributed by atoms with Gasteiger partial charge in [-0.3, -0.25) is 15.0 Å². The van der Waals surface area contributed by atoms with Crippen molar-refractivity contribution in [2.24, 2.45) is 15.0 Å². The molecule has 0 N–H and O–H groups in total. The van der Waals surface area contributed by atoms with Gasteiger partial charge in [0.1, 0.15) is 0 Å². The Balaban J connectivity index is 0.000000219. The van der Waals surface area contributed by atoms with Crippen molar-refractivity contribution in [2.75, 3.05) is 0 Å². The topological polar surface area (TPSA) is 37.1 Å². The number of aryl methyl sites for hydroxylation is 3. The average molecular weight is 876 g/mol. The van der Waals surface area contributed by atoms with E-state index in [4.69, 9.17) is 9.98 Å². The number of nitrogens with zero attached hydrogens (tertiary/aromatic N) is 3. The summed E-state index contributed by atoms with van der Waals surface area (Å²) < 4.78 is 0. The van der Waals surface area contributed by atoms with E-state index in [1.807, 2.05) is 55.5 Å². The van der Waals surface area contributed by atoms with Crippen LogP contribution in [0.1, 0.15) is 79.1 Å². The van der Waals surface area contributed by atoms with Crippen LogP contribution in [0.15, 0.2) is 245 Å². The van der Waals surface area contributed by atoms with Gasteiger partial charge in [0.15, 0.2) is 0 Å². The molecule has 67 heavy (non-hydrogen) atoms. The maximum atomic E-state index is 5.01. The minimum atomic E-state index is 0.578. The van der Waals surface area contributed by atoms with Crippen molar-refractivity contribution in [3.8, 4) is 11.1 Å². The first-order valence-electron chi connectivity index (χ1n) is 22.7. The first kappa shape index (κ1) is 50.3. The fourth-order valence-corrected chi connectivity index (χ4v) is 7.50. The van der Waals surface area contributed by atoms with Gasteiger partial charge in [-0.05, 0) is 130 Å². The van der Waals surface area contributed by atoms with E-state index < -0.39 is 0 Å². The second kappa shape index (κ2) is 25.1. The molecule has 0 heterocycles. The molecule has 0 amide bonds. The third kappa shape index (κ3) is 14.4. The van der Waals surface area contributed by atoms with Crippen LogP contribution in [0, 0.1) is 20.8 Å². The van der Waals surface area contributed by atoms with Gasteiger partial charge >= 0.3 is 0 Å². The molecule has 0 unspecified atom stereocenters. The molecule has 0 aliphatic carbocycles. The number of hydrogen-bond acceptors (Lipinski definition) is 3. The highest BCUT2D eigenvalue weighted by Crippen LogP contribution is 2.29. The van der Waals surface area contributed by atoms with Crippen LogP contribution in [0.4, 0.5) is 0 Å². The molecule has 0 spiro atoms. The SMILES string of the molecule is C=C(N=C(C)c1ccc(C)c(-c2ccccc2C)c1)c1ccc2ccccc2c1.C=C/C=C\C(=C(C)C)/C(N=C)=C(\C)C(=NCc1ccc(C(=C)C)cc1)c1ccccc1.Cc1ccccc1. The maximum absolute atomic E-state index is 5.01. The van der Waals surface area contributed by atoms with Crippen LogP contribution in [0.5, 0.6) is 0 Å². The summed E-state index contributed by atoms with van der Waals surface area (Å²) in [4.78, 5) is 14.2. The van der Waals surface area contributed by atoms with E-state index in [0.717, 1.165) is 72.9 Å². The van der Waals surface area contributed by atoms with Crippen molar-refractivity contribution < 1.29 is 0 Å². The summed E-state index contributed by atoms with van der Waals surface area (Å²) in [7, 11) is 0. The van der Waals surface area contributed by atoms with E-state index >= 15 is 0 Å². The van der Waals surface area contributed by atoms with Gasteiger partial charge in [0, 0.05) is 22.4 Å². The molecule has 0 bridgehead atoms. The first-order chi connectivity index (χ1) is 32.3. The Hall–Kier alpha value is -7.75. The molecule has 0 radical (unpaired) electrons. The zero-order chi connectivity index (χ0) is 48.3. The fraction of sp³-hybridized carbons (Fsp3) is 0.141. The van der Waals surface area contributed by atoms with Crippen LogP contribution in [0.3, 0.4) is 0 Å². The molecule has 0 saturated carbocycles. The highest BCUT2D eigenvalue weighted by atomic mass is 14.8. The van der Waals surface area contributed by atoms with Gasteiger partial charge in [-0.1, -0.05) is 212 Å². The molecule has 7 aromatic rings. The quantitative estimate of drug-likeness (QED) is 0.0818. The Bertz CT molecular complexity index is 2990. The predicted octanol–water partition coefficient (Wildman–Crippen LogP) is 17.4. The van der Waals surface area contributed by atoms with E-state index in [9.17, 15) is 0 Å². The number of aliphatic imine (C=N–C) groups is 3. The summed E-state index contributed by atoms with van der Waals surface area (Å²) in [5.41, 5.74) is 19.7. The highest BCUT2D eigenvalue weighted by molar-refractivity contribution is 6.13. The molecule has 7 rings (SSSR count). The second-order valence-corrected chi connectivity index (χ2v) is 16.9. The molecule has 0 aliphatic rings. The maximum Gasteiger partial charge on any atom is 0.0744 e. The smallest absolute Gasteiger partial charge is 0.0744 e. The molecule has 0 atom stereocenters. The molecule has 336 valence electrons. The van der Waals surface area contributed by atoms with Crippen molar-refractivity contribution in [3.63, 3.8) is 0 Å². The predicted molar refractivity (Wildman–Crippen MR) is 296 cm³/mol. The number of rotatable bonds is 13. The first-order valence-corrected chi connectivity index (χ1v) is 22.7. The summed E-state index contributed by atoms with van der Waals surface area (Å²) in [6.45, 7) is 33.1. The Morgan fingerprint density at radius 1 is 0.552 bits per heavy atom. The van der Waals surface area contributed by atoms with E-state index in [1.165, 1.54) is 38.6 Å². The fourth-order valence-electron chi connectivity index (χ4n) is 7.50. The van der Waals surface area contributed by atoms with Gasteiger partial charge in [-0.15, -0.1) is 0 Å². The lowest BCUT2D eigenvalue weighted by Crippen LogP contribution is -2.07. The summed E-state index contributed by atoms with van der Waals surface area (Å²) in [6, 6.07) is 58.7. The van der Waals surface area contributed by atoms with E-state index in [1.54, 1.807) is 6.08 Å². The van der Waals surface area contributed by atoms with Gasteiger partial charge in [0.2, 0.25) is 0 Å². The summed E-state index contributed by atoms with van der Waals surface area (Å²) in [6.07, 6.45) is 5.71. The van der Waals surface area contributed by atoms with Crippen LogP contribution >= 0.6 is 0 Å². The molecular formula is C64H65N3.